The molecule has 0 aliphatic rings. The number of rotatable bonds is 7. The van der Waals surface area contributed by atoms with Gasteiger partial charge in [-0.2, -0.15) is 0 Å². The van der Waals surface area contributed by atoms with E-state index in [4.69, 9.17) is 13.9 Å². The first-order valence-corrected chi connectivity index (χ1v) is 12.8. The van der Waals surface area contributed by atoms with E-state index in [-0.39, 0.29) is 23.9 Å². The number of pyridine rings is 1. The second-order valence-electron chi connectivity index (χ2n) is 9.37. The third kappa shape index (κ3) is 8.10. The van der Waals surface area contributed by atoms with Crippen LogP contribution in [0.25, 0.3) is 6.08 Å². The number of nitrogens with zero attached hydrogens (tertiary/aromatic N) is 1. The molecule has 29 heavy (non-hydrogen) atoms. The van der Waals surface area contributed by atoms with Crippen molar-refractivity contribution < 1.29 is 23.5 Å². The van der Waals surface area contributed by atoms with Crippen molar-refractivity contribution in [2.45, 2.75) is 78.8 Å². The molecule has 0 N–H and O–H groups in total. The topological polar surface area (TPSA) is 74.7 Å². The number of hydrogen-bond acceptors (Lipinski definition) is 6. The maximum atomic E-state index is 12.1. The van der Waals surface area contributed by atoms with Gasteiger partial charge in [-0.1, -0.05) is 26.8 Å². The molecule has 0 bridgehead atoms. The van der Waals surface area contributed by atoms with Crippen molar-refractivity contribution in [2.24, 2.45) is 0 Å². The molecule has 1 heterocycles. The summed E-state index contributed by atoms with van der Waals surface area (Å²) in [5, 5.41) is 0.0399. The van der Waals surface area contributed by atoms with Gasteiger partial charge in [0, 0.05) is 6.08 Å². The molecule has 0 radical (unpaired) electrons. The van der Waals surface area contributed by atoms with Crippen molar-refractivity contribution in [1.29, 1.82) is 0 Å². The Morgan fingerprint density at radius 3 is 2.24 bits per heavy atom. The fraction of sp³-hybridized carbons (Fsp3) is 0.591. The summed E-state index contributed by atoms with van der Waals surface area (Å²) < 4.78 is 16.6. The molecule has 1 rings (SSSR count). The van der Waals surface area contributed by atoms with Crippen LogP contribution in [0.4, 0.5) is 0 Å². The third-order valence-corrected chi connectivity index (χ3v) is 9.15. The maximum absolute atomic E-state index is 12.1. The van der Waals surface area contributed by atoms with E-state index in [0.717, 1.165) is 0 Å². The third-order valence-electron chi connectivity index (χ3n) is 4.68. The summed E-state index contributed by atoms with van der Waals surface area (Å²) in [5.74, 6) is -0.924. The number of hydrogen-bond donors (Lipinski definition) is 0. The minimum atomic E-state index is -2.02. The zero-order valence-corrected chi connectivity index (χ0v) is 20.2. The summed E-state index contributed by atoms with van der Waals surface area (Å²) in [7, 11) is -2.02. The zero-order chi connectivity index (χ0) is 22.5. The Bertz CT molecular complexity index is 757. The summed E-state index contributed by atoms with van der Waals surface area (Å²) in [6.45, 7) is 18.5. The van der Waals surface area contributed by atoms with Gasteiger partial charge in [0.1, 0.15) is 11.3 Å². The minimum absolute atomic E-state index is 0.0399. The monoisotopic (exact) mass is 421 g/mol. The molecular formula is C22H35NO5Si. The highest BCUT2D eigenvalue weighted by Gasteiger charge is 2.37. The molecule has 0 unspecified atom stereocenters. The van der Waals surface area contributed by atoms with Crippen LogP contribution < -0.4 is 0 Å². The van der Waals surface area contributed by atoms with Crippen LogP contribution in [-0.4, -0.2) is 37.4 Å². The molecule has 0 saturated carbocycles. The molecule has 7 heteroatoms. The van der Waals surface area contributed by atoms with Gasteiger partial charge in [0.05, 0.1) is 18.9 Å². The van der Waals surface area contributed by atoms with E-state index in [1.165, 1.54) is 6.08 Å². The van der Waals surface area contributed by atoms with Crippen LogP contribution in [0.5, 0.6) is 0 Å². The van der Waals surface area contributed by atoms with Crippen molar-refractivity contribution in [3.05, 3.63) is 35.2 Å². The van der Waals surface area contributed by atoms with Crippen molar-refractivity contribution in [3.63, 3.8) is 0 Å². The van der Waals surface area contributed by atoms with Crippen molar-refractivity contribution in [2.75, 3.05) is 6.61 Å². The molecule has 1 aromatic rings. The number of carbonyl (C=O) groups excluding carboxylic acids is 2. The van der Waals surface area contributed by atoms with E-state index in [9.17, 15) is 9.59 Å². The quantitative estimate of drug-likeness (QED) is 0.345. The Morgan fingerprint density at radius 1 is 1.10 bits per heavy atom. The van der Waals surface area contributed by atoms with Gasteiger partial charge in [-0.05, 0) is 63.5 Å². The van der Waals surface area contributed by atoms with Crippen LogP contribution in [0.15, 0.2) is 18.2 Å². The normalized spacial score (nSPS) is 12.9. The predicted octanol–water partition coefficient (Wildman–Crippen LogP) is 5.14. The minimum Gasteiger partial charge on any atom is -0.461 e. The van der Waals surface area contributed by atoms with Crippen LogP contribution in [0.3, 0.4) is 0 Å². The summed E-state index contributed by atoms with van der Waals surface area (Å²) in [5.41, 5.74) is 0.930. The van der Waals surface area contributed by atoms with E-state index >= 15 is 0 Å². The lowest BCUT2D eigenvalue weighted by atomic mass is 10.1. The predicted molar refractivity (Wildman–Crippen MR) is 117 cm³/mol. The molecule has 0 aliphatic heterocycles. The number of ether oxygens (including phenoxy) is 2. The van der Waals surface area contributed by atoms with Crippen LogP contribution in [-0.2, 0) is 25.3 Å². The summed E-state index contributed by atoms with van der Waals surface area (Å²) in [4.78, 5) is 28.6. The molecular weight excluding hydrogens is 386 g/mol. The van der Waals surface area contributed by atoms with Gasteiger partial charge in [0.25, 0.3) is 0 Å². The molecule has 162 valence electrons. The van der Waals surface area contributed by atoms with Gasteiger partial charge < -0.3 is 13.9 Å². The highest BCUT2D eigenvalue weighted by molar-refractivity contribution is 6.74. The Hall–Kier alpha value is -1.99. The standard InChI is InChI=1S/C22H35NO5Si/c1-10-26-20(25)17-13-11-16(12-14-19(24)28-21(2,3)4)18(23-17)15-27-29(8,9)22(5,6)7/h11-14H,10,15H2,1-9H3. The summed E-state index contributed by atoms with van der Waals surface area (Å²) in [6.07, 6.45) is 3.00. The molecule has 0 atom stereocenters. The highest BCUT2D eigenvalue weighted by Crippen LogP contribution is 2.37. The molecule has 0 fully saturated rings. The Morgan fingerprint density at radius 2 is 1.72 bits per heavy atom. The molecule has 0 aliphatic carbocycles. The second-order valence-corrected chi connectivity index (χ2v) is 14.2. The van der Waals surface area contributed by atoms with E-state index in [1.54, 1.807) is 25.1 Å². The van der Waals surface area contributed by atoms with Gasteiger partial charge in [-0.15, -0.1) is 0 Å². The van der Waals surface area contributed by atoms with E-state index in [1.807, 2.05) is 20.8 Å². The van der Waals surface area contributed by atoms with Gasteiger partial charge in [0.15, 0.2) is 8.32 Å². The number of carbonyl (C=O) groups is 2. The fourth-order valence-electron chi connectivity index (χ4n) is 2.06. The van der Waals surface area contributed by atoms with Crippen LogP contribution in [0.2, 0.25) is 18.1 Å². The first kappa shape index (κ1) is 25.0. The summed E-state index contributed by atoms with van der Waals surface area (Å²) in [6, 6.07) is 3.33. The largest absolute Gasteiger partial charge is 0.461 e. The van der Waals surface area contributed by atoms with Crippen LogP contribution in [0.1, 0.15) is 70.2 Å². The van der Waals surface area contributed by atoms with Crippen LogP contribution >= 0.6 is 0 Å². The lowest BCUT2D eigenvalue weighted by molar-refractivity contribution is -0.148. The average molecular weight is 422 g/mol. The van der Waals surface area contributed by atoms with Gasteiger partial charge in [-0.25, -0.2) is 14.6 Å². The lowest BCUT2D eigenvalue weighted by Gasteiger charge is -2.36. The average Bonchev–Trinajstić information content (AvgIpc) is 2.56. The Balaban J connectivity index is 3.17. The van der Waals surface area contributed by atoms with Crippen molar-refractivity contribution in [1.82, 2.24) is 4.98 Å². The second kappa shape index (κ2) is 9.67. The van der Waals surface area contributed by atoms with Gasteiger partial charge in [0.2, 0.25) is 0 Å². The Kier molecular flexibility index (Phi) is 8.35. The number of esters is 2. The molecule has 0 spiro atoms. The molecule has 6 nitrogen and oxygen atoms in total. The molecule has 1 aromatic heterocycles. The number of aromatic nitrogens is 1. The zero-order valence-electron chi connectivity index (χ0n) is 19.2. The Labute approximate surface area is 175 Å². The van der Waals surface area contributed by atoms with Gasteiger partial charge in [-0.3, -0.25) is 0 Å². The smallest absolute Gasteiger partial charge is 0.356 e. The first-order chi connectivity index (χ1) is 13.2. The molecule has 0 amide bonds. The van der Waals surface area contributed by atoms with Crippen LogP contribution in [0, 0.1) is 0 Å². The summed E-state index contributed by atoms with van der Waals surface area (Å²) >= 11 is 0. The van der Waals surface area contributed by atoms with E-state index in [2.05, 4.69) is 38.8 Å². The fourth-order valence-corrected chi connectivity index (χ4v) is 2.99. The highest BCUT2D eigenvalue weighted by atomic mass is 28.4. The maximum Gasteiger partial charge on any atom is 0.356 e. The molecule has 0 saturated heterocycles. The van der Waals surface area contributed by atoms with Gasteiger partial charge >= 0.3 is 11.9 Å². The van der Waals surface area contributed by atoms with E-state index in [0.29, 0.717) is 11.3 Å². The SMILES string of the molecule is CCOC(=O)c1ccc(C=CC(=O)OC(C)(C)C)c(CO[Si](C)(C)C(C)(C)C)n1. The van der Waals surface area contributed by atoms with Crippen molar-refractivity contribution >= 4 is 26.3 Å². The van der Waals surface area contributed by atoms with E-state index < -0.39 is 25.9 Å². The first-order valence-electron chi connectivity index (χ1n) is 9.88. The lowest BCUT2D eigenvalue weighted by Crippen LogP contribution is -2.40. The molecule has 0 aromatic carbocycles. The van der Waals surface area contributed by atoms with Crippen molar-refractivity contribution in [3.8, 4) is 0 Å².